The van der Waals surface area contributed by atoms with Crippen LogP contribution < -0.4 is 15.4 Å². The lowest BCUT2D eigenvalue weighted by molar-refractivity contribution is -0.384. The average molecular weight is 1200 g/mol. The van der Waals surface area contributed by atoms with Crippen molar-refractivity contribution in [2.75, 3.05) is 79.8 Å². The Labute approximate surface area is 506 Å². The van der Waals surface area contributed by atoms with E-state index >= 15 is 0 Å². The summed E-state index contributed by atoms with van der Waals surface area (Å²) in [6, 6.07) is 5.24. The van der Waals surface area contributed by atoms with E-state index in [4.69, 9.17) is 42.6 Å². The van der Waals surface area contributed by atoms with Gasteiger partial charge in [-0.1, -0.05) is 94.0 Å². The number of allylic oxidation sites excluding steroid dienone is 2. The van der Waals surface area contributed by atoms with Gasteiger partial charge >= 0.3 is 12.1 Å². The number of likely N-dealkylation sites (tertiary alicyclic amines) is 2. The number of rotatable bonds is 24. The highest BCUT2D eigenvalue weighted by molar-refractivity contribution is 5.84. The van der Waals surface area contributed by atoms with Crippen molar-refractivity contribution in [3.05, 3.63) is 58.7 Å². The molecule has 1 aromatic rings. The molecule has 9 rings (SSSR count). The summed E-state index contributed by atoms with van der Waals surface area (Å²) < 4.78 is 52.9. The van der Waals surface area contributed by atoms with Crippen LogP contribution >= 0.6 is 0 Å². The highest BCUT2D eigenvalue weighted by Crippen LogP contribution is 2.61. The molecule has 6 saturated heterocycles. The van der Waals surface area contributed by atoms with Crippen molar-refractivity contribution in [1.82, 2.24) is 20.4 Å². The summed E-state index contributed by atoms with van der Waals surface area (Å²) in [4.78, 5) is 65.2. The number of nitro groups is 1. The van der Waals surface area contributed by atoms with Crippen molar-refractivity contribution in [3.8, 4) is 5.75 Å². The molecule has 8 aliphatic rings. The van der Waals surface area contributed by atoms with Crippen LogP contribution in [0.4, 0.5) is 10.5 Å². The average Bonchev–Trinajstić information content (AvgIpc) is 1.56. The Hall–Kier alpha value is -4.54. The van der Waals surface area contributed by atoms with E-state index in [1.807, 2.05) is 20.8 Å². The van der Waals surface area contributed by atoms with E-state index in [1.165, 1.54) is 63.0 Å². The lowest BCUT2D eigenvalue weighted by Gasteiger charge is -2.42. The second-order valence-electron chi connectivity index (χ2n) is 26.4. The van der Waals surface area contributed by atoms with Crippen LogP contribution in [0, 0.1) is 57.5 Å². The molecule has 2 saturated carbocycles. The standard InChI is InChI=1S/C29H48N2O6.C23H29NO8.C12H24N2O.CH4/c1-19(2)9-10-23-28(5,37-23)26-25(34-6)22(11-12-29(26)18-35-29)36-24(32)17-21(20(3)4)27(33)30-13-16-31-14-7-8-15-31;1-14(2)5-10-18-22(3,32-18)20-19(28-4)17(11-12-23(20)13-29-23)31-21(25)30-16-8-6-15(7-9-16)24(26)27;1-10(2)11(3)12(15)13-6-9-14-7-4-5-8-14;/h9-10,19-23,25-26H,7-8,11-18H2,1-6H3,(H,30,33);5-10,14,17-20H,11-13H2,1-4H3;10-11H,4-9H2,1-3H3,(H,13,15);1H4/b10-9+;10-5+;;/t21-,22-,23-,25-,26?,28-,29+;17-,18-,19-,20?,22-,23+;11-;/m110./s1. The second-order valence-corrected chi connectivity index (χ2v) is 26.4. The summed E-state index contributed by atoms with van der Waals surface area (Å²) in [5.74, 6) is 0.857. The van der Waals surface area contributed by atoms with Gasteiger partial charge in [0.05, 0.1) is 42.3 Å². The van der Waals surface area contributed by atoms with Crippen molar-refractivity contribution in [2.45, 2.75) is 200 Å². The molecule has 20 heteroatoms. The number of ether oxygens (including phenoxy) is 9. The monoisotopic (exact) mass is 1200 g/mol. The molecule has 85 heavy (non-hydrogen) atoms. The van der Waals surface area contributed by atoms with Gasteiger partial charge in [0.15, 0.2) is 0 Å². The van der Waals surface area contributed by atoms with Gasteiger partial charge in [-0.05, 0) is 127 Å². The van der Waals surface area contributed by atoms with Crippen LogP contribution in [0.1, 0.15) is 141 Å². The molecule has 2 aliphatic carbocycles. The predicted octanol–water partition coefficient (Wildman–Crippen LogP) is 9.51. The van der Waals surface area contributed by atoms with Crippen molar-refractivity contribution in [3.63, 3.8) is 0 Å². The number of hydrogen-bond donors (Lipinski definition) is 2. The summed E-state index contributed by atoms with van der Waals surface area (Å²) >= 11 is 0. The highest BCUT2D eigenvalue weighted by atomic mass is 16.7. The van der Waals surface area contributed by atoms with Crippen molar-refractivity contribution >= 4 is 29.6 Å². The third kappa shape index (κ3) is 18.3. The van der Waals surface area contributed by atoms with Gasteiger partial charge in [0.2, 0.25) is 11.8 Å². The fraction of sp³-hybridized carbons (Fsp3) is 0.785. The van der Waals surface area contributed by atoms with Crippen LogP contribution in [0.25, 0.3) is 0 Å². The molecule has 2 spiro atoms. The van der Waals surface area contributed by atoms with Gasteiger partial charge in [-0.2, -0.15) is 0 Å². The number of esters is 1. The third-order valence-corrected chi connectivity index (χ3v) is 18.7. The maximum atomic E-state index is 13.1. The van der Waals surface area contributed by atoms with Crippen molar-refractivity contribution in [2.24, 2.45) is 47.3 Å². The van der Waals surface area contributed by atoms with E-state index in [2.05, 4.69) is 100 Å². The molecule has 6 aliphatic heterocycles. The largest absolute Gasteiger partial charge is 0.514 e. The number of amides is 2. The summed E-state index contributed by atoms with van der Waals surface area (Å²) in [7, 11) is 3.27. The number of methoxy groups -OCH3 is 2. The van der Waals surface area contributed by atoms with Crippen LogP contribution in [0.15, 0.2) is 48.6 Å². The topological polar surface area (TPSA) is 238 Å². The van der Waals surface area contributed by atoms with E-state index in [-0.39, 0.29) is 102 Å². The number of nitrogens with zero attached hydrogens (tertiary/aromatic N) is 3. The molecule has 2 N–H and O–H groups in total. The molecular weight excluding hydrogens is 1090 g/mol. The molecule has 2 amide bonds. The Morgan fingerprint density at radius 3 is 1.51 bits per heavy atom. The zero-order valence-corrected chi connectivity index (χ0v) is 52.6. The van der Waals surface area contributed by atoms with Crippen LogP contribution in [-0.4, -0.2) is 177 Å². The van der Waals surface area contributed by atoms with Crippen LogP contribution in [0.3, 0.4) is 0 Å². The predicted molar refractivity (Wildman–Crippen MR) is 324 cm³/mol. The number of benzene rings is 1. The molecule has 0 aromatic heterocycles. The molecule has 0 bridgehead atoms. The summed E-state index contributed by atoms with van der Waals surface area (Å²) in [5, 5.41) is 16.8. The van der Waals surface area contributed by atoms with Crippen molar-refractivity contribution < 1.29 is 66.7 Å². The summed E-state index contributed by atoms with van der Waals surface area (Å²) in [6.07, 6.45) is 13.9. The van der Waals surface area contributed by atoms with Crippen LogP contribution in [0.5, 0.6) is 5.75 Å². The molecule has 1 aromatic carbocycles. The van der Waals surface area contributed by atoms with Crippen molar-refractivity contribution in [1.29, 1.82) is 0 Å². The molecule has 14 atom stereocenters. The quantitative estimate of drug-likeness (QED) is 0.0245. The number of non-ortho nitro benzene ring substituents is 1. The lowest BCUT2D eigenvalue weighted by Crippen LogP contribution is -2.55. The molecule has 6 heterocycles. The number of hydrogen-bond acceptors (Lipinski definition) is 17. The molecule has 480 valence electrons. The van der Waals surface area contributed by atoms with E-state index in [0.29, 0.717) is 50.4 Å². The van der Waals surface area contributed by atoms with Gasteiger partial charge in [-0.25, -0.2) is 4.79 Å². The number of nitrogens with one attached hydrogen (secondary N) is 2. The first-order chi connectivity index (χ1) is 39.9. The van der Waals surface area contributed by atoms with E-state index in [0.717, 1.165) is 45.6 Å². The molecule has 0 radical (unpaired) electrons. The maximum absolute atomic E-state index is 13.1. The minimum atomic E-state index is -0.879. The Balaban J connectivity index is 0.000000220. The Kier molecular flexibility index (Phi) is 25.0. The first-order valence-electron chi connectivity index (χ1n) is 31.3. The van der Waals surface area contributed by atoms with Crippen LogP contribution in [-0.2, 0) is 52.3 Å². The van der Waals surface area contributed by atoms with Gasteiger partial charge in [-0.15, -0.1) is 0 Å². The van der Waals surface area contributed by atoms with Gasteiger partial charge in [-0.3, -0.25) is 24.5 Å². The molecule has 20 nitrogen and oxygen atoms in total. The van der Waals surface area contributed by atoms with Crippen LogP contribution in [0.2, 0.25) is 0 Å². The van der Waals surface area contributed by atoms with Gasteiger partial charge < -0.3 is 63.1 Å². The first kappa shape index (κ1) is 69.6. The Morgan fingerprint density at radius 2 is 1.12 bits per heavy atom. The smallest absolute Gasteiger partial charge is 0.460 e. The highest BCUT2D eigenvalue weighted by Gasteiger charge is 2.73. The fourth-order valence-corrected chi connectivity index (χ4v) is 13.1. The molecular formula is C65H105N5O15. The zero-order valence-electron chi connectivity index (χ0n) is 52.6. The second kappa shape index (κ2) is 30.6. The van der Waals surface area contributed by atoms with Gasteiger partial charge in [0.1, 0.15) is 64.8 Å². The maximum Gasteiger partial charge on any atom is 0.514 e. The van der Waals surface area contributed by atoms with Gasteiger partial charge in [0, 0.05) is 58.4 Å². The fourth-order valence-electron chi connectivity index (χ4n) is 13.1. The summed E-state index contributed by atoms with van der Waals surface area (Å²) in [6.45, 7) is 32.0. The number of epoxide rings is 4. The van der Waals surface area contributed by atoms with Gasteiger partial charge in [0.25, 0.3) is 5.69 Å². The lowest BCUT2D eigenvalue weighted by atomic mass is 9.68. The Bertz CT molecular complexity index is 2400. The first-order valence-corrected chi connectivity index (χ1v) is 31.3. The summed E-state index contributed by atoms with van der Waals surface area (Å²) in [5.41, 5.74) is -1.56. The number of carbonyl (C=O) groups is 4. The number of carbonyl (C=O) groups excluding carboxylic acids is 4. The van der Waals surface area contributed by atoms with E-state index in [9.17, 15) is 29.3 Å². The number of nitro benzene ring substituents is 1. The van der Waals surface area contributed by atoms with E-state index in [1.54, 1.807) is 14.2 Å². The van der Waals surface area contributed by atoms with E-state index < -0.39 is 40.4 Å². The molecule has 8 fully saturated rings. The molecule has 2 unspecified atom stereocenters. The zero-order chi connectivity index (χ0) is 61.1. The SMILES string of the molecule is C.CC(C)[C@H](C)C(=O)NCCN1CCCC1.CO[C@H]1C([C@]2(C)O[C@@H]2/C=C/C(C)C)[C@]2(CC[C@H]1OC(=O)C[C@@H](C(=O)NCCN1CCCC1)C(C)C)CO2.CO[C@H]1C([C@]2(C)O[C@@H]2/C=C/C(C)C)[C@]2(CC[C@H]1OC(=O)Oc1ccc([N+](=O)[O-])cc1)CO2. The minimum absolute atomic E-state index is 0. The minimum Gasteiger partial charge on any atom is -0.460 e. The third-order valence-electron chi connectivity index (χ3n) is 18.7. The Morgan fingerprint density at radius 1 is 0.682 bits per heavy atom. The normalized spacial score (nSPS) is 32.8.